The minimum absolute atomic E-state index is 0.0701. The summed E-state index contributed by atoms with van der Waals surface area (Å²) in [6, 6.07) is 1.32. The lowest BCUT2D eigenvalue weighted by Crippen LogP contribution is -2.05. The average Bonchev–Trinajstić information content (AvgIpc) is 2.58. The predicted molar refractivity (Wildman–Crippen MR) is 60.9 cm³/mol. The summed E-state index contributed by atoms with van der Waals surface area (Å²) < 4.78 is 25.6. The van der Waals surface area contributed by atoms with Crippen LogP contribution in [0.25, 0.3) is 11.0 Å². The number of alkyl halides is 3. The molecule has 2 nitrogen and oxygen atoms in total. The molecule has 0 atom stereocenters. The van der Waals surface area contributed by atoms with Crippen LogP contribution in [0.15, 0.2) is 6.07 Å². The molecule has 1 heterocycles. The van der Waals surface area contributed by atoms with Gasteiger partial charge >= 0.3 is 5.38 Å². The molecular formula is C8H2Cl4F2N2. The standard InChI is InChI=1S/C8H2Cl4F2N2/c9-2-1-3(10)5-6(4(2)11)16-7(15-5)8(12,13)14/h1H,(H,15,16). The van der Waals surface area contributed by atoms with Crippen molar-refractivity contribution in [2.45, 2.75) is 5.38 Å². The summed E-state index contributed by atoms with van der Waals surface area (Å²) in [5.74, 6) is -0.727. The molecule has 0 unspecified atom stereocenters. The third-order valence-corrected chi connectivity index (χ3v) is 3.14. The quantitative estimate of drug-likeness (QED) is 0.594. The van der Waals surface area contributed by atoms with Gasteiger partial charge in [-0.1, -0.05) is 34.8 Å². The number of nitrogens with zero attached hydrogens (tertiary/aromatic N) is 1. The van der Waals surface area contributed by atoms with Gasteiger partial charge in [-0.3, -0.25) is 0 Å². The third-order valence-electron chi connectivity index (χ3n) is 1.88. The fourth-order valence-electron chi connectivity index (χ4n) is 1.20. The van der Waals surface area contributed by atoms with E-state index in [4.69, 9.17) is 46.4 Å². The summed E-state index contributed by atoms with van der Waals surface area (Å²) in [6.45, 7) is 0. The van der Waals surface area contributed by atoms with Crippen molar-refractivity contribution in [2.75, 3.05) is 0 Å². The smallest absolute Gasteiger partial charge is 0.334 e. The van der Waals surface area contributed by atoms with Gasteiger partial charge in [0.05, 0.1) is 20.6 Å². The Morgan fingerprint density at radius 1 is 1.19 bits per heavy atom. The van der Waals surface area contributed by atoms with E-state index < -0.39 is 11.2 Å². The fourth-order valence-corrected chi connectivity index (χ4v) is 1.99. The molecule has 2 aromatic rings. The molecule has 1 N–H and O–H groups in total. The first-order chi connectivity index (χ1) is 7.30. The highest BCUT2D eigenvalue weighted by Gasteiger charge is 2.32. The maximum Gasteiger partial charge on any atom is 0.379 e. The van der Waals surface area contributed by atoms with Crippen molar-refractivity contribution < 1.29 is 8.78 Å². The molecule has 0 spiro atoms. The van der Waals surface area contributed by atoms with Crippen LogP contribution in [0, 0.1) is 0 Å². The Bertz CT molecular complexity index is 561. The second kappa shape index (κ2) is 3.88. The van der Waals surface area contributed by atoms with Crippen molar-refractivity contribution in [1.82, 2.24) is 9.97 Å². The number of fused-ring (bicyclic) bond motifs is 1. The summed E-state index contributed by atoms with van der Waals surface area (Å²) in [4.78, 5) is 5.86. The maximum atomic E-state index is 12.8. The zero-order chi connectivity index (χ0) is 12.1. The number of imidazole rings is 1. The van der Waals surface area contributed by atoms with Crippen LogP contribution in [0.5, 0.6) is 0 Å². The van der Waals surface area contributed by atoms with E-state index in [1.807, 2.05) is 0 Å². The number of aromatic nitrogens is 2. The zero-order valence-electron chi connectivity index (χ0n) is 7.29. The number of rotatable bonds is 1. The van der Waals surface area contributed by atoms with Crippen LogP contribution in [-0.4, -0.2) is 9.97 Å². The topological polar surface area (TPSA) is 28.7 Å². The molecule has 2 rings (SSSR count). The number of aromatic amines is 1. The number of hydrogen-bond acceptors (Lipinski definition) is 1. The molecular weight excluding hydrogens is 304 g/mol. The molecule has 0 radical (unpaired) electrons. The van der Waals surface area contributed by atoms with Crippen molar-refractivity contribution in [3.63, 3.8) is 0 Å². The van der Waals surface area contributed by atoms with E-state index in [1.54, 1.807) is 0 Å². The SMILES string of the molecule is FC(F)(Cl)c1nc2c(Cl)cc(Cl)c(Cl)c2[nH]1. The Morgan fingerprint density at radius 3 is 2.38 bits per heavy atom. The van der Waals surface area contributed by atoms with Gasteiger partial charge in [-0.05, 0) is 17.7 Å². The molecule has 0 saturated heterocycles. The summed E-state index contributed by atoms with van der Waals surface area (Å²) in [5, 5.41) is -3.28. The van der Waals surface area contributed by atoms with Crippen molar-refractivity contribution in [2.24, 2.45) is 0 Å². The first-order valence-corrected chi connectivity index (χ1v) is 5.42. The number of H-pyrrole nitrogens is 1. The van der Waals surface area contributed by atoms with E-state index in [9.17, 15) is 8.78 Å². The van der Waals surface area contributed by atoms with Crippen molar-refractivity contribution in [3.05, 3.63) is 27.0 Å². The molecule has 0 fully saturated rings. The van der Waals surface area contributed by atoms with Crippen LogP contribution < -0.4 is 0 Å². The summed E-state index contributed by atoms with van der Waals surface area (Å²) in [6.07, 6.45) is 0. The lowest BCUT2D eigenvalue weighted by molar-refractivity contribution is 0.0859. The summed E-state index contributed by atoms with van der Waals surface area (Å²) in [7, 11) is 0. The van der Waals surface area contributed by atoms with Gasteiger partial charge in [-0.15, -0.1) is 0 Å². The van der Waals surface area contributed by atoms with E-state index in [0.29, 0.717) is 0 Å². The first kappa shape index (κ1) is 12.2. The number of benzene rings is 1. The van der Waals surface area contributed by atoms with Crippen LogP contribution in [-0.2, 0) is 5.38 Å². The van der Waals surface area contributed by atoms with Gasteiger partial charge in [0.2, 0.25) is 0 Å². The molecule has 8 heteroatoms. The van der Waals surface area contributed by atoms with Crippen molar-refractivity contribution >= 4 is 57.4 Å². The van der Waals surface area contributed by atoms with Crippen LogP contribution in [0.4, 0.5) is 8.78 Å². The highest BCUT2D eigenvalue weighted by molar-refractivity contribution is 6.47. The second-order valence-corrected chi connectivity index (χ2v) is 4.63. The largest absolute Gasteiger partial charge is 0.379 e. The van der Waals surface area contributed by atoms with Gasteiger partial charge in [0, 0.05) is 0 Å². The minimum atomic E-state index is -3.61. The lowest BCUT2D eigenvalue weighted by atomic mass is 10.3. The zero-order valence-corrected chi connectivity index (χ0v) is 10.3. The van der Waals surface area contributed by atoms with Crippen molar-refractivity contribution in [3.8, 4) is 0 Å². The second-order valence-electron chi connectivity index (χ2n) is 2.96. The summed E-state index contributed by atoms with van der Waals surface area (Å²) in [5.41, 5.74) is 0.237. The molecule has 0 amide bonds. The van der Waals surface area contributed by atoms with Gasteiger partial charge in [0.25, 0.3) is 0 Å². The first-order valence-electron chi connectivity index (χ1n) is 3.91. The minimum Gasteiger partial charge on any atom is -0.334 e. The maximum absolute atomic E-state index is 12.8. The summed E-state index contributed by atoms with van der Waals surface area (Å²) >= 11 is 22.2. The molecule has 1 aromatic carbocycles. The Hall–Kier alpha value is -0.290. The average molecular weight is 306 g/mol. The monoisotopic (exact) mass is 304 g/mol. The highest BCUT2D eigenvalue weighted by atomic mass is 35.5. The van der Waals surface area contributed by atoms with Crippen LogP contribution >= 0.6 is 46.4 Å². The Morgan fingerprint density at radius 2 is 1.81 bits per heavy atom. The van der Waals surface area contributed by atoms with E-state index in [-0.39, 0.29) is 26.1 Å². The van der Waals surface area contributed by atoms with Crippen molar-refractivity contribution in [1.29, 1.82) is 0 Å². The van der Waals surface area contributed by atoms with E-state index in [0.717, 1.165) is 0 Å². The number of halogens is 6. The molecule has 16 heavy (non-hydrogen) atoms. The molecule has 0 saturated carbocycles. The van der Waals surface area contributed by atoms with Crippen LogP contribution in [0.2, 0.25) is 15.1 Å². The molecule has 0 aliphatic rings. The Kier molecular flexibility index (Phi) is 2.95. The predicted octanol–water partition coefficient (Wildman–Crippen LogP) is 4.81. The Balaban J connectivity index is 2.80. The van der Waals surface area contributed by atoms with Crippen LogP contribution in [0.3, 0.4) is 0 Å². The lowest BCUT2D eigenvalue weighted by Gasteiger charge is -2.01. The molecule has 0 bridgehead atoms. The van der Waals surface area contributed by atoms with Gasteiger partial charge < -0.3 is 4.98 Å². The van der Waals surface area contributed by atoms with E-state index in [1.165, 1.54) is 6.07 Å². The van der Waals surface area contributed by atoms with Gasteiger partial charge in [0.15, 0.2) is 5.82 Å². The normalized spacial score (nSPS) is 12.4. The van der Waals surface area contributed by atoms with Gasteiger partial charge in [0.1, 0.15) is 5.52 Å². The molecule has 1 aromatic heterocycles. The molecule has 0 aliphatic carbocycles. The van der Waals surface area contributed by atoms with Gasteiger partial charge in [-0.2, -0.15) is 8.78 Å². The number of nitrogens with one attached hydrogen (secondary N) is 1. The third kappa shape index (κ3) is 1.95. The number of hydrogen-bond donors (Lipinski definition) is 1. The molecule has 86 valence electrons. The molecule has 0 aliphatic heterocycles. The Labute approximate surface area is 108 Å². The highest BCUT2D eigenvalue weighted by Crippen LogP contribution is 2.38. The van der Waals surface area contributed by atoms with Gasteiger partial charge in [-0.25, -0.2) is 4.98 Å². The van der Waals surface area contributed by atoms with E-state index >= 15 is 0 Å². The van der Waals surface area contributed by atoms with Crippen LogP contribution in [0.1, 0.15) is 5.82 Å². The van der Waals surface area contributed by atoms with E-state index in [2.05, 4.69) is 9.97 Å². The fraction of sp³-hybridized carbons (Fsp3) is 0.125.